The molecule has 6 atom stereocenters. The fourth-order valence-electron chi connectivity index (χ4n) is 7.49. The third kappa shape index (κ3) is 17.0. The third-order valence-corrected chi connectivity index (χ3v) is 11.5. The Bertz CT molecular complexity index is 2240. The summed E-state index contributed by atoms with van der Waals surface area (Å²) in [5.74, 6) is -5.38. The van der Waals surface area contributed by atoms with Crippen molar-refractivity contribution >= 4 is 49.5 Å². The first-order valence-corrected chi connectivity index (χ1v) is 23.4. The van der Waals surface area contributed by atoms with E-state index >= 15 is 0 Å². The van der Waals surface area contributed by atoms with Crippen LogP contribution in [0.25, 0.3) is 11.1 Å². The van der Waals surface area contributed by atoms with E-state index in [1.165, 1.54) is 30.2 Å². The van der Waals surface area contributed by atoms with Crippen LogP contribution in [0.5, 0.6) is 0 Å². The molecule has 3 aromatic rings. The van der Waals surface area contributed by atoms with Gasteiger partial charge in [0.1, 0.15) is 42.6 Å². The highest BCUT2D eigenvalue weighted by atomic mass is 31.2. The Morgan fingerprint density at radius 2 is 1.61 bits per heavy atom. The smallest absolute Gasteiger partial charge is 0.396 e. The summed E-state index contributed by atoms with van der Waals surface area (Å²) in [5.41, 5.74) is 8.34. The van der Waals surface area contributed by atoms with Crippen molar-refractivity contribution < 1.29 is 62.0 Å². The molecular formula is C44H61FN9O12P. The largest absolute Gasteiger partial charge is 0.469 e. The fraction of sp³-hybridized carbons (Fsp3) is 0.500. The molecule has 0 saturated carbocycles. The molecule has 1 fully saturated rings. The van der Waals surface area contributed by atoms with Crippen molar-refractivity contribution in [1.82, 2.24) is 35.7 Å². The van der Waals surface area contributed by atoms with E-state index < -0.39 is 80.3 Å². The number of aliphatic hydroxyl groups excluding tert-OH is 1. The summed E-state index contributed by atoms with van der Waals surface area (Å²) in [6.07, 6.45) is 5.96. The van der Waals surface area contributed by atoms with Gasteiger partial charge in [0, 0.05) is 43.9 Å². The van der Waals surface area contributed by atoms with Gasteiger partial charge in [-0.1, -0.05) is 55.4 Å². The van der Waals surface area contributed by atoms with Crippen LogP contribution in [0, 0.1) is 11.7 Å². The highest BCUT2D eigenvalue weighted by Gasteiger charge is 2.37. The number of unbranched alkanes of at least 4 members (excludes halogenated alkanes) is 2. The van der Waals surface area contributed by atoms with E-state index in [1.807, 2.05) is 38.1 Å². The molecule has 1 aliphatic rings. The van der Waals surface area contributed by atoms with Gasteiger partial charge >= 0.3 is 7.82 Å². The van der Waals surface area contributed by atoms with Gasteiger partial charge in [-0.3, -0.25) is 33.3 Å². The number of nitrogens with zero attached hydrogens (tertiary/aromatic N) is 4. The van der Waals surface area contributed by atoms with Crippen molar-refractivity contribution in [3.8, 4) is 11.1 Å². The monoisotopic (exact) mass is 957 g/mol. The van der Waals surface area contributed by atoms with Gasteiger partial charge in [-0.15, -0.1) is 0 Å². The summed E-state index contributed by atoms with van der Waals surface area (Å²) in [5, 5.41) is 24.2. The van der Waals surface area contributed by atoms with Crippen LogP contribution in [-0.2, 0) is 55.7 Å². The Morgan fingerprint density at radius 1 is 0.940 bits per heavy atom. The molecule has 366 valence electrons. The minimum absolute atomic E-state index is 0.114. The molecule has 0 bridgehead atoms. The van der Waals surface area contributed by atoms with Crippen LogP contribution in [0.1, 0.15) is 77.5 Å². The van der Waals surface area contributed by atoms with Crippen LogP contribution < -0.4 is 27.0 Å². The molecule has 0 radical (unpaired) electrons. The molecule has 1 saturated heterocycles. The van der Waals surface area contributed by atoms with Crippen molar-refractivity contribution in [3.63, 3.8) is 0 Å². The van der Waals surface area contributed by atoms with Crippen LogP contribution in [0.3, 0.4) is 0 Å². The van der Waals surface area contributed by atoms with E-state index in [-0.39, 0.29) is 30.5 Å². The molecule has 4 rings (SSSR count). The van der Waals surface area contributed by atoms with E-state index in [0.717, 1.165) is 23.6 Å². The van der Waals surface area contributed by atoms with Crippen molar-refractivity contribution in [2.24, 2.45) is 16.8 Å². The second-order valence-corrected chi connectivity index (χ2v) is 17.8. The normalized spacial score (nSPS) is 16.2. The third-order valence-electron chi connectivity index (χ3n) is 10.9. The zero-order chi connectivity index (χ0) is 49.3. The Hall–Kier alpha value is -6.06. The standard InChI is InChI=1S/C44H61FN9O12P/c1-27(2)21-35(50-44(61)38-13-10-19-54(38)29(4)56)41(58)49-36(42(59)51-37(25-55)43(60)52-39(40(46)57)28(3)66-67(62,63)64)22-33-24-47-26-53(33)18-8-5-9-20-65-48-23-31-11-6-7-12-34(31)30-14-16-32(45)17-15-30/h6-7,11-12,14-17,23-24,26-28,35-39,55H,5,8-10,13,18-22,25H2,1-4H3,(H2,46,57)(H,49,58)(H,50,61)(H,51,59)(H,52,60)(H2,62,63,64)/b48-23-/t28-,35+,36+,37+,38+,39+/m1/s1. The van der Waals surface area contributed by atoms with E-state index in [9.17, 15) is 52.6 Å². The summed E-state index contributed by atoms with van der Waals surface area (Å²) < 4.78 is 31.2. The Labute approximate surface area is 387 Å². The number of hydrogen-bond donors (Lipinski definition) is 8. The molecule has 6 amide bonds. The van der Waals surface area contributed by atoms with E-state index in [4.69, 9.17) is 10.6 Å². The van der Waals surface area contributed by atoms with Crippen LogP contribution in [0.2, 0.25) is 0 Å². The van der Waals surface area contributed by atoms with Crippen LogP contribution in [-0.4, -0.2) is 127 Å². The SMILES string of the molecule is CC(=O)N1CCC[C@H]1C(=O)N[C@@H](CC(C)C)C(=O)N[C@@H](Cc1cncn1CCCCCO/N=C\c1ccccc1-c1ccc(F)cc1)C(=O)N[C@@H](CO)C(=O)N[C@H](C(N)=O)[C@@H](C)OP(=O)(O)O. The number of aryl methyl sites for hydroxylation is 1. The summed E-state index contributed by atoms with van der Waals surface area (Å²) in [6.45, 7) is 6.21. The molecular weight excluding hydrogens is 897 g/mol. The number of amides is 6. The van der Waals surface area contributed by atoms with E-state index in [1.54, 1.807) is 29.2 Å². The number of phosphoric acid groups is 1. The highest BCUT2D eigenvalue weighted by Crippen LogP contribution is 2.38. The Morgan fingerprint density at radius 3 is 2.27 bits per heavy atom. The van der Waals surface area contributed by atoms with Crippen LogP contribution >= 0.6 is 7.82 Å². The molecule has 0 aliphatic carbocycles. The molecule has 1 aromatic heterocycles. The van der Waals surface area contributed by atoms with Crippen molar-refractivity contribution in [3.05, 3.63) is 78.1 Å². The van der Waals surface area contributed by atoms with Crippen molar-refractivity contribution in [1.29, 1.82) is 0 Å². The molecule has 67 heavy (non-hydrogen) atoms. The first kappa shape index (κ1) is 53.6. The lowest BCUT2D eigenvalue weighted by molar-refractivity contribution is -0.139. The molecule has 2 heterocycles. The number of aliphatic hydroxyl groups is 1. The van der Waals surface area contributed by atoms with Gasteiger partial charge in [-0.05, 0) is 74.6 Å². The molecule has 23 heteroatoms. The molecule has 2 aromatic carbocycles. The quantitative estimate of drug-likeness (QED) is 0.0245. The Kier molecular flexibility index (Phi) is 20.6. The van der Waals surface area contributed by atoms with Gasteiger partial charge in [0.05, 0.1) is 25.3 Å². The lowest BCUT2D eigenvalue weighted by Crippen LogP contribution is -2.61. The van der Waals surface area contributed by atoms with Crippen molar-refractivity contribution in [2.75, 3.05) is 19.8 Å². The number of aromatic nitrogens is 2. The average molecular weight is 958 g/mol. The van der Waals surface area contributed by atoms with Gasteiger partial charge < -0.3 is 56.2 Å². The zero-order valence-electron chi connectivity index (χ0n) is 37.9. The maximum Gasteiger partial charge on any atom is 0.469 e. The number of likely N-dealkylation sites (tertiary alicyclic amines) is 1. The number of benzene rings is 2. The number of rotatable bonds is 26. The number of nitrogens with two attached hydrogens (primary N) is 1. The molecule has 0 unspecified atom stereocenters. The fourth-order valence-corrected chi connectivity index (χ4v) is 8.04. The summed E-state index contributed by atoms with van der Waals surface area (Å²) in [6, 6.07) is 6.72. The number of carbonyl (C=O) groups is 6. The first-order valence-electron chi connectivity index (χ1n) is 21.9. The number of primary amides is 1. The van der Waals surface area contributed by atoms with Gasteiger partial charge in [0.15, 0.2) is 0 Å². The van der Waals surface area contributed by atoms with Gasteiger partial charge in [0.2, 0.25) is 35.4 Å². The van der Waals surface area contributed by atoms with Gasteiger partial charge in [-0.25, -0.2) is 13.9 Å². The minimum Gasteiger partial charge on any atom is -0.396 e. The average Bonchev–Trinajstić information content (AvgIpc) is 3.95. The maximum absolute atomic E-state index is 14.1. The molecule has 21 nitrogen and oxygen atoms in total. The second kappa shape index (κ2) is 25.7. The summed E-state index contributed by atoms with van der Waals surface area (Å²) >= 11 is 0. The minimum atomic E-state index is -5.13. The number of imidazole rings is 1. The predicted octanol–water partition coefficient (Wildman–Crippen LogP) is 1.42. The summed E-state index contributed by atoms with van der Waals surface area (Å²) in [7, 11) is -5.13. The number of phosphoric ester groups is 1. The van der Waals surface area contributed by atoms with Gasteiger partial charge in [0.25, 0.3) is 0 Å². The lowest BCUT2D eigenvalue weighted by atomic mass is 10.0. The first-order chi connectivity index (χ1) is 31.8. The van der Waals surface area contributed by atoms with E-state index in [2.05, 4.69) is 35.9 Å². The second-order valence-electron chi connectivity index (χ2n) is 16.6. The number of nitrogens with one attached hydrogen (secondary N) is 4. The number of carbonyl (C=O) groups excluding carboxylic acids is 6. The van der Waals surface area contributed by atoms with Gasteiger partial charge in [-0.2, -0.15) is 0 Å². The number of hydrogen-bond acceptors (Lipinski definition) is 12. The van der Waals surface area contributed by atoms with Crippen molar-refractivity contribution in [2.45, 2.75) is 115 Å². The lowest BCUT2D eigenvalue weighted by Gasteiger charge is -2.28. The van der Waals surface area contributed by atoms with Crippen LogP contribution in [0.15, 0.2) is 66.2 Å². The van der Waals surface area contributed by atoms with E-state index in [0.29, 0.717) is 57.5 Å². The highest BCUT2D eigenvalue weighted by molar-refractivity contribution is 7.46. The molecule has 9 N–H and O–H groups in total. The summed E-state index contributed by atoms with van der Waals surface area (Å²) in [4.78, 5) is 109. The van der Waals surface area contributed by atoms with Crippen LogP contribution in [0.4, 0.5) is 4.39 Å². The topological polar surface area (TPSA) is 306 Å². The number of oxime groups is 1. The molecule has 0 spiro atoms. The zero-order valence-corrected chi connectivity index (χ0v) is 38.8. The number of halogens is 1. The predicted molar refractivity (Wildman–Crippen MR) is 242 cm³/mol. The molecule has 1 aliphatic heterocycles. The maximum atomic E-state index is 14.1. The Balaban J connectivity index is 1.45.